The molecule has 1 heterocycles. The quantitative estimate of drug-likeness (QED) is 0.691. The first kappa shape index (κ1) is 12.1. The van der Waals surface area contributed by atoms with Gasteiger partial charge in [-0.3, -0.25) is 0 Å². The number of nitriles is 1. The molecule has 3 nitrogen and oxygen atoms in total. The Morgan fingerprint density at radius 2 is 1.85 bits per heavy atom. The van der Waals surface area contributed by atoms with E-state index in [1.165, 1.54) is 0 Å². The Hall–Kier alpha value is -2.99. The molecule has 0 unspecified atom stereocenters. The van der Waals surface area contributed by atoms with Crippen molar-refractivity contribution >= 4 is 0 Å². The molecule has 0 saturated carbocycles. The number of hydrogen-bond donors (Lipinski definition) is 0. The molecule has 0 fully saturated rings. The molecule has 0 saturated heterocycles. The fourth-order valence-electron chi connectivity index (χ4n) is 1.95. The van der Waals surface area contributed by atoms with E-state index in [1.807, 2.05) is 42.5 Å². The molecule has 1 aromatic heterocycles. The maximum absolute atomic E-state index is 8.91. The highest BCUT2D eigenvalue weighted by molar-refractivity contribution is 5.66. The van der Waals surface area contributed by atoms with Crippen molar-refractivity contribution in [3.8, 4) is 28.9 Å². The molecule has 0 N–H and O–H groups in total. The molecule has 0 atom stereocenters. The smallest absolute Gasteiger partial charge is 0.138 e. The lowest BCUT2D eigenvalue weighted by molar-refractivity contribution is 0.480. The van der Waals surface area contributed by atoms with Crippen LogP contribution in [0.2, 0.25) is 0 Å². The zero-order chi connectivity index (χ0) is 13.8. The van der Waals surface area contributed by atoms with Crippen molar-refractivity contribution in [2.75, 3.05) is 0 Å². The molecule has 0 bridgehead atoms. The van der Waals surface area contributed by atoms with Crippen LogP contribution >= 0.6 is 0 Å². The number of ether oxygens (including phenoxy) is 1. The summed E-state index contributed by atoms with van der Waals surface area (Å²) in [7, 11) is 0. The van der Waals surface area contributed by atoms with Crippen LogP contribution in [0.5, 0.6) is 11.5 Å². The minimum atomic E-state index is 0.568. The Morgan fingerprint density at radius 3 is 2.65 bits per heavy atom. The van der Waals surface area contributed by atoms with Gasteiger partial charge in [0.1, 0.15) is 17.3 Å². The van der Waals surface area contributed by atoms with Crippen molar-refractivity contribution in [3.63, 3.8) is 0 Å². The van der Waals surface area contributed by atoms with Crippen LogP contribution in [0.15, 0.2) is 71.3 Å². The van der Waals surface area contributed by atoms with Crippen LogP contribution < -0.4 is 4.74 Å². The highest BCUT2D eigenvalue weighted by Gasteiger charge is 2.09. The topological polar surface area (TPSA) is 46.2 Å². The van der Waals surface area contributed by atoms with Gasteiger partial charge in [0, 0.05) is 0 Å². The van der Waals surface area contributed by atoms with Crippen LogP contribution in [-0.2, 0) is 0 Å². The van der Waals surface area contributed by atoms with Crippen molar-refractivity contribution in [3.05, 3.63) is 72.5 Å². The number of rotatable bonds is 3. The van der Waals surface area contributed by atoms with Crippen molar-refractivity contribution in [2.45, 2.75) is 0 Å². The van der Waals surface area contributed by atoms with E-state index in [-0.39, 0.29) is 0 Å². The Bertz CT molecular complexity index is 755. The second-order valence-corrected chi connectivity index (χ2v) is 4.22. The van der Waals surface area contributed by atoms with E-state index in [2.05, 4.69) is 6.07 Å². The first-order chi connectivity index (χ1) is 9.86. The highest BCUT2D eigenvalue weighted by atomic mass is 16.5. The van der Waals surface area contributed by atoms with Gasteiger partial charge in [-0.15, -0.1) is 0 Å². The van der Waals surface area contributed by atoms with Crippen LogP contribution in [0.4, 0.5) is 0 Å². The Balaban J connectivity index is 1.97. The first-order valence-electron chi connectivity index (χ1n) is 6.18. The van der Waals surface area contributed by atoms with E-state index < -0.39 is 0 Å². The summed E-state index contributed by atoms with van der Waals surface area (Å²) in [6, 6.07) is 20.5. The van der Waals surface area contributed by atoms with Gasteiger partial charge in [-0.2, -0.15) is 5.26 Å². The zero-order valence-corrected chi connectivity index (χ0v) is 10.6. The lowest BCUT2D eigenvalue weighted by Gasteiger charge is -2.09. The Morgan fingerprint density at radius 1 is 0.950 bits per heavy atom. The minimum absolute atomic E-state index is 0.568. The van der Waals surface area contributed by atoms with Gasteiger partial charge in [0.2, 0.25) is 0 Å². The lowest BCUT2D eigenvalue weighted by Crippen LogP contribution is -1.88. The summed E-state index contributed by atoms with van der Waals surface area (Å²) in [6.07, 6.45) is 1.63. The molecular formula is C17H11NO2. The number of nitrogens with zero attached hydrogens (tertiary/aromatic N) is 1. The monoisotopic (exact) mass is 261 g/mol. The molecule has 3 heteroatoms. The molecule has 0 spiro atoms. The molecule has 2 aromatic carbocycles. The van der Waals surface area contributed by atoms with E-state index in [9.17, 15) is 0 Å². The van der Waals surface area contributed by atoms with E-state index in [1.54, 1.807) is 24.5 Å². The van der Waals surface area contributed by atoms with Gasteiger partial charge >= 0.3 is 0 Å². The molecule has 0 aliphatic carbocycles. The molecule has 20 heavy (non-hydrogen) atoms. The van der Waals surface area contributed by atoms with Crippen LogP contribution in [0.25, 0.3) is 11.3 Å². The molecule has 0 aliphatic heterocycles. The molecule has 3 aromatic rings. The van der Waals surface area contributed by atoms with E-state index in [0.29, 0.717) is 17.1 Å². The summed E-state index contributed by atoms with van der Waals surface area (Å²) in [5.74, 6) is 2.07. The Labute approximate surface area is 116 Å². The van der Waals surface area contributed by atoms with Crippen molar-refractivity contribution < 1.29 is 9.15 Å². The molecule has 0 radical (unpaired) electrons. The fourth-order valence-corrected chi connectivity index (χ4v) is 1.95. The number of hydrogen-bond acceptors (Lipinski definition) is 3. The Kier molecular flexibility index (Phi) is 3.22. The average Bonchev–Trinajstić information content (AvgIpc) is 3.02. The van der Waals surface area contributed by atoms with Gasteiger partial charge in [0.05, 0.1) is 23.5 Å². The predicted octanol–water partition coefficient (Wildman–Crippen LogP) is 4.61. The lowest BCUT2D eigenvalue weighted by atomic mass is 10.1. The van der Waals surface area contributed by atoms with Crippen molar-refractivity contribution in [2.24, 2.45) is 0 Å². The summed E-state index contributed by atoms with van der Waals surface area (Å²) in [5.41, 5.74) is 1.44. The molecule has 0 aliphatic rings. The fraction of sp³-hybridized carbons (Fsp3) is 0. The number of para-hydroxylation sites is 1. The number of benzene rings is 2. The summed E-state index contributed by atoms with van der Waals surface area (Å²) < 4.78 is 11.3. The number of furan rings is 1. The van der Waals surface area contributed by atoms with Crippen LogP contribution in [-0.4, -0.2) is 0 Å². The predicted molar refractivity (Wildman–Crippen MR) is 75.4 cm³/mol. The standard InChI is InChI=1S/C17H11NO2/c18-12-13-5-3-6-14(11-13)20-17-8-2-1-7-15(17)16-9-4-10-19-16/h1-11H. The summed E-state index contributed by atoms with van der Waals surface area (Å²) in [6.45, 7) is 0. The SMILES string of the molecule is N#Cc1cccc(Oc2ccccc2-c2ccco2)c1. The summed E-state index contributed by atoms with van der Waals surface area (Å²) in [5, 5.41) is 8.91. The molecule has 96 valence electrons. The third kappa shape index (κ3) is 2.40. The average molecular weight is 261 g/mol. The van der Waals surface area contributed by atoms with Gasteiger partial charge in [-0.1, -0.05) is 18.2 Å². The van der Waals surface area contributed by atoms with Gasteiger partial charge < -0.3 is 9.15 Å². The van der Waals surface area contributed by atoms with Gasteiger partial charge in [0.15, 0.2) is 0 Å². The maximum Gasteiger partial charge on any atom is 0.138 e. The summed E-state index contributed by atoms with van der Waals surface area (Å²) >= 11 is 0. The molecule has 3 rings (SSSR count). The normalized spacial score (nSPS) is 9.95. The van der Waals surface area contributed by atoms with E-state index in [4.69, 9.17) is 14.4 Å². The van der Waals surface area contributed by atoms with Gasteiger partial charge in [0.25, 0.3) is 0 Å². The van der Waals surface area contributed by atoms with Crippen LogP contribution in [0, 0.1) is 11.3 Å². The second-order valence-electron chi connectivity index (χ2n) is 4.22. The third-order valence-corrected chi connectivity index (χ3v) is 2.86. The maximum atomic E-state index is 8.91. The first-order valence-corrected chi connectivity index (χ1v) is 6.18. The van der Waals surface area contributed by atoms with Crippen LogP contribution in [0.1, 0.15) is 5.56 Å². The summed E-state index contributed by atoms with van der Waals surface area (Å²) in [4.78, 5) is 0. The highest BCUT2D eigenvalue weighted by Crippen LogP contribution is 2.33. The van der Waals surface area contributed by atoms with Crippen LogP contribution in [0.3, 0.4) is 0 Å². The second kappa shape index (κ2) is 5.33. The van der Waals surface area contributed by atoms with Crippen molar-refractivity contribution in [1.82, 2.24) is 0 Å². The largest absolute Gasteiger partial charge is 0.464 e. The molecule has 0 amide bonds. The van der Waals surface area contributed by atoms with Crippen molar-refractivity contribution in [1.29, 1.82) is 5.26 Å². The van der Waals surface area contributed by atoms with Gasteiger partial charge in [-0.25, -0.2) is 0 Å². The minimum Gasteiger partial charge on any atom is -0.464 e. The molecular weight excluding hydrogens is 250 g/mol. The van der Waals surface area contributed by atoms with E-state index in [0.717, 1.165) is 11.3 Å². The third-order valence-electron chi connectivity index (χ3n) is 2.86. The zero-order valence-electron chi connectivity index (χ0n) is 10.6. The van der Waals surface area contributed by atoms with E-state index >= 15 is 0 Å². The van der Waals surface area contributed by atoms with Gasteiger partial charge in [-0.05, 0) is 42.5 Å².